The van der Waals surface area contributed by atoms with Crippen molar-refractivity contribution in [3.8, 4) is 0 Å². The second-order valence-corrected chi connectivity index (χ2v) is 5.03. The first-order valence-electron chi connectivity index (χ1n) is 4.67. The van der Waals surface area contributed by atoms with Gasteiger partial charge in [0.1, 0.15) is 7.85 Å². The highest BCUT2D eigenvalue weighted by Crippen LogP contribution is 2.28. The molecule has 0 aliphatic heterocycles. The lowest BCUT2D eigenvalue weighted by Gasteiger charge is -2.24. The van der Waals surface area contributed by atoms with Crippen LogP contribution in [0.5, 0.6) is 0 Å². The van der Waals surface area contributed by atoms with Crippen molar-refractivity contribution in [1.29, 1.82) is 0 Å². The molecule has 0 heterocycles. The first kappa shape index (κ1) is 11.8. The average Bonchev–Trinajstić information content (AvgIpc) is 1.82. The van der Waals surface area contributed by atoms with E-state index in [0.29, 0.717) is 11.3 Å². The maximum atomic E-state index is 5.74. The third-order valence-corrected chi connectivity index (χ3v) is 2.28. The summed E-state index contributed by atoms with van der Waals surface area (Å²) in [5, 5.41) is 0. The fraction of sp³-hybridized carbons (Fsp3) is 0.818. The lowest BCUT2D eigenvalue weighted by atomic mass is 9.79. The minimum absolute atomic E-state index is 0.399. The van der Waals surface area contributed by atoms with Crippen LogP contribution in [0.25, 0.3) is 0 Å². The van der Waals surface area contributed by atoms with E-state index in [1.165, 1.54) is 12.0 Å². The minimum atomic E-state index is 0.399. The van der Waals surface area contributed by atoms with Gasteiger partial charge in [0.25, 0.3) is 0 Å². The second-order valence-electron chi connectivity index (χ2n) is 5.03. The van der Waals surface area contributed by atoms with Crippen molar-refractivity contribution in [2.45, 2.75) is 48.0 Å². The Bertz CT molecular complexity index is 168. The minimum Gasteiger partial charge on any atom is -0.122 e. The molecule has 0 fully saturated rings. The van der Waals surface area contributed by atoms with Crippen LogP contribution in [0, 0.1) is 11.3 Å². The second kappa shape index (κ2) is 4.16. The van der Waals surface area contributed by atoms with Crippen LogP contribution in [-0.2, 0) is 0 Å². The van der Waals surface area contributed by atoms with Gasteiger partial charge in [-0.2, -0.15) is 0 Å². The Labute approximate surface area is 78.9 Å². The van der Waals surface area contributed by atoms with E-state index in [0.717, 1.165) is 5.47 Å². The molecule has 0 aromatic rings. The highest BCUT2D eigenvalue weighted by molar-refractivity contribution is 6.21. The van der Waals surface area contributed by atoms with E-state index in [2.05, 4.69) is 34.6 Å². The molecular weight excluding hydrogens is 143 g/mol. The molecule has 1 unspecified atom stereocenters. The van der Waals surface area contributed by atoms with Crippen LogP contribution >= 0.6 is 0 Å². The van der Waals surface area contributed by atoms with Crippen molar-refractivity contribution in [1.82, 2.24) is 0 Å². The van der Waals surface area contributed by atoms with Gasteiger partial charge in [0.15, 0.2) is 0 Å². The van der Waals surface area contributed by atoms with Crippen molar-refractivity contribution in [3.63, 3.8) is 0 Å². The van der Waals surface area contributed by atoms with Crippen LogP contribution in [0.2, 0.25) is 0 Å². The number of hydrogen-bond acceptors (Lipinski definition) is 0. The largest absolute Gasteiger partial charge is 0.122 e. The zero-order chi connectivity index (χ0) is 9.94. The van der Waals surface area contributed by atoms with E-state index < -0.39 is 0 Å². The Hall–Kier alpha value is -0.195. The monoisotopic (exact) mass is 164 g/mol. The highest BCUT2D eigenvalue weighted by Gasteiger charge is 2.16. The Kier molecular flexibility index (Phi) is 4.09. The summed E-state index contributed by atoms with van der Waals surface area (Å²) in [6, 6.07) is 0. The highest BCUT2D eigenvalue weighted by atomic mass is 14.2. The van der Waals surface area contributed by atoms with E-state index in [4.69, 9.17) is 7.85 Å². The number of rotatable bonds is 2. The maximum absolute atomic E-state index is 5.74. The molecule has 0 aromatic heterocycles. The zero-order valence-corrected chi connectivity index (χ0v) is 9.36. The van der Waals surface area contributed by atoms with Crippen LogP contribution < -0.4 is 0 Å². The molecule has 0 aliphatic rings. The molecule has 0 aromatic carbocycles. The molecule has 0 saturated carbocycles. The quantitative estimate of drug-likeness (QED) is 0.547. The first-order valence-corrected chi connectivity index (χ1v) is 4.67. The van der Waals surface area contributed by atoms with Crippen molar-refractivity contribution in [2.24, 2.45) is 11.3 Å². The predicted octanol–water partition coefficient (Wildman–Crippen LogP) is 3.52. The summed E-state index contributed by atoms with van der Waals surface area (Å²) in [6.45, 7) is 13.2. The molecular formula is C11H21B. The summed E-state index contributed by atoms with van der Waals surface area (Å²) in [5.74, 6) is 0.606. The van der Waals surface area contributed by atoms with E-state index in [-0.39, 0.29) is 0 Å². The number of allylic oxidation sites excluding steroid dienone is 2. The van der Waals surface area contributed by atoms with Gasteiger partial charge in [0, 0.05) is 0 Å². The van der Waals surface area contributed by atoms with Gasteiger partial charge in [-0.15, -0.1) is 5.47 Å². The topological polar surface area (TPSA) is 0 Å². The molecule has 0 spiro atoms. The summed E-state index contributed by atoms with van der Waals surface area (Å²) in [4.78, 5) is 0. The number of hydrogen-bond donors (Lipinski definition) is 0. The Balaban J connectivity index is 4.24. The molecule has 0 saturated heterocycles. The standard InChI is InChI=1S/C11H21B/c1-8(7-11(4,5)6)9(2)10(3)12/h8H,7H2,1-6H3/b10-9+. The average molecular weight is 164 g/mol. The maximum Gasteiger partial charge on any atom is 0.107 e. The van der Waals surface area contributed by atoms with E-state index in [9.17, 15) is 0 Å². The Morgan fingerprint density at radius 2 is 1.67 bits per heavy atom. The van der Waals surface area contributed by atoms with Crippen LogP contribution in [0.15, 0.2) is 11.0 Å². The summed E-state index contributed by atoms with van der Waals surface area (Å²) < 4.78 is 0. The van der Waals surface area contributed by atoms with Gasteiger partial charge in [-0.05, 0) is 24.7 Å². The van der Waals surface area contributed by atoms with E-state index in [1.807, 2.05) is 6.92 Å². The van der Waals surface area contributed by atoms with Gasteiger partial charge < -0.3 is 0 Å². The molecule has 2 radical (unpaired) electrons. The molecule has 0 rings (SSSR count). The predicted molar refractivity (Wildman–Crippen MR) is 57.4 cm³/mol. The van der Waals surface area contributed by atoms with Gasteiger partial charge in [-0.3, -0.25) is 0 Å². The summed E-state index contributed by atoms with van der Waals surface area (Å²) in [7, 11) is 5.74. The van der Waals surface area contributed by atoms with Gasteiger partial charge in [-0.1, -0.05) is 40.2 Å². The molecule has 0 bridgehead atoms. The molecule has 12 heavy (non-hydrogen) atoms. The molecule has 0 amide bonds. The van der Waals surface area contributed by atoms with Gasteiger partial charge in [0.05, 0.1) is 0 Å². The lowest BCUT2D eigenvalue weighted by molar-refractivity contribution is 0.329. The fourth-order valence-electron chi connectivity index (χ4n) is 1.46. The van der Waals surface area contributed by atoms with E-state index >= 15 is 0 Å². The van der Waals surface area contributed by atoms with Crippen LogP contribution in [-0.4, -0.2) is 7.85 Å². The fourth-order valence-corrected chi connectivity index (χ4v) is 1.46. The molecule has 1 atom stereocenters. The van der Waals surface area contributed by atoms with Crippen LogP contribution in [0.1, 0.15) is 48.0 Å². The van der Waals surface area contributed by atoms with Crippen LogP contribution in [0.4, 0.5) is 0 Å². The van der Waals surface area contributed by atoms with Gasteiger partial charge in [0.2, 0.25) is 0 Å². The summed E-state index contributed by atoms with van der Waals surface area (Å²) >= 11 is 0. The van der Waals surface area contributed by atoms with Gasteiger partial charge in [-0.25, -0.2) is 0 Å². The van der Waals surface area contributed by atoms with E-state index in [1.54, 1.807) is 0 Å². The molecule has 0 nitrogen and oxygen atoms in total. The molecule has 68 valence electrons. The van der Waals surface area contributed by atoms with Crippen LogP contribution in [0.3, 0.4) is 0 Å². The van der Waals surface area contributed by atoms with Crippen molar-refractivity contribution in [2.75, 3.05) is 0 Å². The SMILES string of the molecule is [B]/C(C)=C(\C)C(C)CC(C)(C)C. The van der Waals surface area contributed by atoms with Gasteiger partial charge >= 0.3 is 0 Å². The Morgan fingerprint density at radius 3 is 1.92 bits per heavy atom. The van der Waals surface area contributed by atoms with Crippen molar-refractivity contribution < 1.29 is 0 Å². The lowest BCUT2D eigenvalue weighted by Crippen LogP contribution is -2.12. The summed E-state index contributed by atoms with van der Waals surface area (Å²) in [5.41, 5.74) is 2.72. The van der Waals surface area contributed by atoms with Crippen molar-refractivity contribution in [3.05, 3.63) is 11.0 Å². The zero-order valence-electron chi connectivity index (χ0n) is 9.36. The molecule has 0 N–H and O–H groups in total. The summed E-state index contributed by atoms with van der Waals surface area (Å²) in [6.07, 6.45) is 1.20. The third-order valence-electron chi connectivity index (χ3n) is 2.28. The molecule has 0 aliphatic carbocycles. The normalized spacial score (nSPS) is 17.2. The Morgan fingerprint density at radius 1 is 1.25 bits per heavy atom. The first-order chi connectivity index (χ1) is 5.24. The smallest absolute Gasteiger partial charge is 0.107 e. The third kappa shape index (κ3) is 4.64. The molecule has 1 heteroatoms. The van der Waals surface area contributed by atoms with Crippen molar-refractivity contribution >= 4 is 7.85 Å².